The monoisotopic (exact) mass is 572 g/mol. The van der Waals surface area contributed by atoms with Gasteiger partial charge in [-0.1, -0.05) is 48.5 Å². The van der Waals surface area contributed by atoms with E-state index in [-0.39, 0.29) is 0 Å². The summed E-state index contributed by atoms with van der Waals surface area (Å²) in [6, 6.07) is 16.9. The highest BCUT2D eigenvalue weighted by molar-refractivity contribution is 5.23. The molecule has 0 amide bonds. The van der Waals surface area contributed by atoms with Crippen molar-refractivity contribution >= 4 is 0 Å². The lowest BCUT2D eigenvalue weighted by Gasteiger charge is -2.23. The summed E-state index contributed by atoms with van der Waals surface area (Å²) in [7, 11) is 0. The molecule has 2 aromatic rings. The molecule has 3 heterocycles. The Labute approximate surface area is 245 Å². The molecule has 3 aliphatic heterocycles. The molecule has 0 radical (unpaired) electrons. The van der Waals surface area contributed by atoms with Gasteiger partial charge in [-0.25, -0.2) is 0 Å². The van der Waals surface area contributed by atoms with E-state index in [2.05, 4.69) is 58.3 Å². The minimum absolute atomic E-state index is 0.564. The van der Waals surface area contributed by atoms with E-state index >= 15 is 0 Å². The van der Waals surface area contributed by atoms with Gasteiger partial charge in [0.2, 0.25) is 0 Å². The number of fused-ring (bicyclic) bond motifs is 22. The molecule has 5 rings (SSSR count). The second-order valence-corrected chi connectivity index (χ2v) is 10.4. The van der Waals surface area contributed by atoms with Gasteiger partial charge in [0.15, 0.2) is 0 Å². The maximum absolute atomic E-state index is 6.06. The van der Waals surface area contributed by atoms with Gasteiger partial charge in [0.1, 0.15) is 0 Å². The SMILES string of the molecule is c1cc2cc(c1)COCCN1CCOCCOCCOCCN(CCOC2)CCOCc2cccc(c2)COCC1. The van der Waals surface area contributed by atoms with E-state index in [4.69, 9.17) is 33.2 Å². The normalized spacial score (nSPS) is 24.4. The van der Waals surface area contributed by atoms with E-state index in [0.29, 0.717) is 92.5 Å². The molecule has 228 valence electrons. The van der Waals surface area contributed by atoms with Crippen molar-refractivity contribution in [1.82, 2.24) is 9.80 Å². The van der Waals surface area contributed by atoms with Gasteiger partial charge >= 0.3 is 0 Å². The Morgan fingerprint density at radius 2 is 0.610 bits per heavy atom. The summed E-state index contributed by atoms with van der Waals surface area (Å²) >= 11 is 0. The third-order valence-corrected chi connectivity index (χ3v) is 7.11. The van der Waals surface area contributed by atoms with Gasteiger partial charge in [0.05, 0.1) is 92.5 Å². The van der Waals surface area contributed by atoms with E-state index in [1.807, 2.05) is 0 Å². The zero-order chi connectivity index (χ0) is 28.2. The van der Waals surface area contributed by atoms with Gasteiger partial charge in [0, 0.05) is 39.3 Å². The first-order chi connectivity index (χ1) is 20.3. The third-order valence-electron chi connectivity index (χ3n) is 7.11. The summed E-state index contributed by atoms with van der Waals surface area (Å²) in [4.78, 5) is 4.67. The van der Waals surface area contributed by atoms with Crippen molar-refractivity contribution in [3.8, 4) is 0 Å². The highest BCUT2D eigenvalue weighted by atomic mass is 16.5. The molecule has 9 heteroatoms. The van der Waals surface area contributed by atoms with Gasteiger partial charge in [-0.15, -0.1) is 0 Å². The first kappa shape index (κ1) is 32.0. The van der Waals surface area contributed by atoms with Crippen molar-refractivity contribution < 1.29 is 33.2 Å². The molecule has 0 fully saturated rings. The Bertz CT molecular complexity index is 833. The van der Waals surface area contributed by atoms with Crippen molar-refractivity contribution in [2.75, 3.05) is 105 Å². The Balaban J connectivity index is 1.42. The number of nitrogens with zero attached hydrogens (tertiary/aromatic N) is 2. The molecule has 2 aromatic carbocycles. The second-order valence-electron chi connectivity index (χ2n) is 10.4. The van der Waals surface area contributed by atoms with Crippen LogP contribution in [0.2, 0.25) is 0 Å². The van der Waals surface area contributed by atoms with Crippen molar-refractivity contribution in [2.24, 2.45) is 0 Å². The Morgan fingerprint density at radius 3 is 0.927 bits per heavy atom. The highest BCUT2D eigenvalue weighted by Gasteiger charge is 2.09. The molecule has 9 nitrogen and oxygen atoms in total. The lowest BCUT2D eigenvalue weighted by molar-refractivity contribution is -0.000230. The quantitative estimate of drug-likeness (QED) is 0.443. The maximum Gasteiger partial charge on any atom is 0.0717 e. The maximum atomic E-state index is 6.06. The molecule has 3 aliphatic rings. The van der Waals surface area contributed by atoms with Crippen LogP contribution in [0.1, 0.15) is 22.3 Å². The van der Waals surface area contributed by atoms with Gasteiger partial charge in [0.25, 0.3) is 0 Å². The average Bonchev–Trinajstić information content (AvgIpc) is 2.99. The van der Waals surface area contributed by atoms with Crippen LogP contribution in [-0.2, 0) is 59.6 Å². The van der Waals surface area contributed by atoms with Crippen LogP contribution in [0.3, 0.4) is 0 Å². The second kappa shape index (κ2) is 20.1. The molecule has 0 saturated heterocycles. The Hall–Kier alpha value is -1.92. The number of hydrogen-bond acceptors (Lipinski definition) is 9. The van der Waals surface area contributed by atoms with Crippen molar-refractivity contribution in [1.29, 1.82) is 0 Å². The lowest BCUT2D eigenvalue weighted by atomic mass is 10.1. The Morgan fingerprint density at radius 1 is 0.341 bits per heavy atom. The highest BCUT2D eigenvalue weighted by Crippen LogP contribution is 2.10. The zero-order valence-corrected chi connectivity index (χ0v) is 24.5. The smallest absolute Gasteiger partial charge is 0.0717 e. The summed E-state index contributed by atoms with van der Waals surface area (Å²) in [6.07, 6.45) is 0. The summed E-state index contributed by atoms with van der Waals surface area (Å²) < 4.78 is 41.6. The number of rotatable bonds is 0. The van der Waals surface area contributed by atoms with E-state index in [9.17, 15) is 0 Å². The molecular formula is C32H48N2O7. The standard InChI is InChI=1S/C32H48N2O7/c1-3-29-23-30(4-1)26-39-16-10-34-8-14-36-20-22-37-21-19-35-13-7-33(9-15-38-25-29)11-17-40-27-31-5-2-6-32(24-31)28-41-18-12-34/h1-6,23-24H,7-22,25-28H2. The minimum Gasteiger partial charge on any atom is -0.378 e. The van der Waals surface area contributed by atoms with Crippen molar-refractivity contribution in [2.45, 2.75) is 26.4 Å². The van der Waals surface area contributed by atoms with Crippen LogP contribution >= 0.6 is 0 Å². The van der Waals surface area contributed by atoms with Gasteiger partial charge in [-0.2, -0.15) is 0 Å². The van der Waals surface area contributed by atoms with E-state index in [1.165, 1.54) is 0 Å². The van der Waals surface area contributed by atoms with Gasteiger partial charge < -0.3 is 33.2 Å². The van der Waals surface area contributed by atoms with Crippen LogP contribution < -0.4 is 0 Å². The fraction of sp³-hybridized carbons (Fsp3) is 0.625. The number of hydrogen-bond donors (Lipinski definition) is 0. The lowest BCUT2D eigenvalue weighted by Crippen LogP contribution is -2.34. The Kier molecular flexibility index (Phi) is 15.7. The predicted octanol–water partition coefficient (Wildman–Crippen LogP) is 3.13. The minimum atomic E-state index is 0.564. The fourth-order valence-corrected chi connectivity index (χ4v) is 4.75. The molecule has 0 N–H and O–H groups in total. The number of ether oxygens (including phenoxy) is 7. The molecule has 0 spiro atoms. The van der Waals surface area contributed by atoms with Gasteiger partial charge in [-0.3, -0.25) is 9.80 Å². The molecule has 0 unspecified atom stereocenters. The van der Waals surface area contributed by atoms with Crippen LogP contribution in [-0.4, -0.2) is 115 Å². The third kappa shape index (κ3) is 13.7. The zero-order valence-electron chi connectivity index (χ0n) is 24.5. The summed E-state index contributed by atoms with van der Waals surface area (Å²) in [6.45, 7) is 13.3. The van der Waals surface area contributed by atoms with Crippen molar-refractivity contribution in [3.63, 3.8) is 0 Å². The topological polar surface area (TPSA) is 71.1 Å². The average molecular weight is 573 g/mol. The fourth-order valence-electron chi connectivity index (χ4n) is 4.75. The van der Waals surface area contributed by atoms with Crippen LogP contribution in [0.25, 0.3) is 0 Å². The predicted molar refractivity (Wildman–Crippen MR) is 157 cm³/mol. The largest absolute Gasteiger partial charge is 0.378 e. The van der Waals surface area contributed by atoms with Crippen LogP contribution in [0.5, 0.6) is 0 Å². The molecule has 41 heavy (non-hydrogen) atoms. The molecule has 0 aromatic heterocycles. The van der Waals surface area contributed by atoms with E-state index in [1.54, 1.807) is 0 Å². The summed E-state index contributed by atoms with van der Waals surface area (Å²) in [5, 5.41) is 0. The molecule has 0 saturated carbocycles. The first-order valence-corrected chi connectivity index (χ1v) is 15.0. The summed E-state index contributed by atoms with van der Waals surface area (Å²) in [5.41, 5.74) is 4.63. The summed E-state index contributed by atoms with van der Waals surface area (Å²) in [5.74, 6) is 0. The van der Waals surface area contributed by atoms with Crippen LogP contribution in [0.4, 0.5) is 0 Å². The molecule has 0 aliphatic carbocycles. The van der Waals surface area contributed by atoms with Crippen LogP contribution in [0, 0.1) is 0 Å². The van der Waals surface area contributed by atoms with Crippen LogP contribution in [0.15, 0.2) is 48.5 Å². The molecular weight excluding hydrogens is 524 g/mol. The number of benzene rings is 2. The van der Waals surface area contributed by atoms with Gasteiger partial charge in [-0.05, 0) is 22.3 Å². The molecule has 6 bridgehead atoms. The molecule has 0 atom stereocenters. The van der Waals surface area contributed by atoms with Crippen molar-refractivity contribution in [3.05, 3.63) is 70.8 Å². The first-order valence-electron chi connectivity index (χ1n) is 15.0. The van der Waals surface area contributed by atoms with E-state index in [0.717, 1.165) is 61.5 Å². The van der Waals surface area contributed by atoms with E-state index < -0.39 is 0 Å².